The molecule has 0 unspecified atom stereocenters. The number of pyridine rings is 2. The van der Waals surface area contributed by atoms with Gasteiger partial charge in [-0.15, -0.1) is 0 Å². The zero-order valence-electron chi connectivity index (χ0n) is 29.9. The molecule has 276 valence electrons. The Hall–Kier alpha value is -8.80. The van der Waals surface area contributed by atoms with Gasteiger partial charge in [0.1, 0.15) is 22.3 Å². The summed E-state index contributed by atoms with van der Waals surface area (Å²) < 4.78 is 0. The number of nitrogens with two attached hydrogens (primary N) is 6. The summed E-state index contributed by atoms with van der Waals surface area (Å²) in [5.41, 5.74) is 47.6. The second-order valence-corrected chi connectivity index (χ2v) is 14.1. The molecule has 0 spiro atoms. The zero-order chi connectivity index (χ0) is 39.1. The van der Waals surface area contributed by atoms with Crippen LogP contribution in [0.1, 0.15) is 0 Å². The van der Waals surface area contributed by atoms with Crippen LogP contribution in [-0.2, 0) is 0 Å². The average molecular weight is 759 g/mol. The number of fused-ring (bicyclic) bond motifs is 26. The van der Waals surface area contributed by atoms with Crippen LogP contribution in [0.15, 0.2) is 73.1 Å². The number of rotatable bonds is 0. The Morgan fingerprint density at radius 1 is 0.328 bits per heavy atom. The van der Waals surface area contributed by atoms with E-state index in [0.29, 0.717) is 146 Å². The van der Waals surface area contributed by atoms with Crippen LogP contribution >= 0.6 is 0 Å². The molecule has 0 radical (unpaired) electrons. The maximum absolute atomic E-state index is 6.37. The van der Waals surface area contributed by atoms with Gasteiger partial charge in [0.2, 0.25) is 0 Å². The summed E-state index contributed by atoms with van der Waals surface area (Å²) >= 11 is 0. The summed E-state index contributed by atoms with van der Waals surface area (Å²) in [7, 11) is 0. The minimum Gasteiger partial charge on any atom is -0.397 e. The Balaban J connectivity index is 1.31. The topological polar surface area (TPSA) is 317 Å². The number of nitrogens with zero attached hydrogens (tertiary/aromatic N) is 10. The minimum atomic E-state index is 0.297. The van der Waals surface area contributed by atoms with Crippen molar-refractivity contribution in [1.29, 1.82) is 0 Å². The van der Waals surface area contributed by atoms with E-state index < -0.39 is 0 Å². The number of benzene rings is 4. The first kappa shape index (κ1) is 31.5. The van der Waals surface area contributed by atoms with Crippen molar-refractivity contribution >= 4 is 111 Å². The number of aromatic amines is 2. The van der Waals surface area contributed by atoms with Crippen LogP contribution in [0.2, 0.25) is 0 Å². The normalized spacial score (nSPS) is 12.2. The van der Waals surface area contributed by atoms with Crippen LogP contribution in [0.25, 0.3) is 123 Å². The van der Waals surface area contributed by atoms with Gasteiger partial charge in [-0.1, -0.05) is 0 Å². The van der Waals surface area contributed by atoms with Crippen molar-refractivity contribution in [2.75, 3.05) is 34.4 Å². The van der Waals surface area contributed by atoms with E-state index in [-0.39, 0.29) is 0 Å². The van der Waals surface area contributed by atoms with Crippen molar-refractivity contribution in [3.8, 4) is 45.6 Å². The number of anilines is 6. The molecule has 8 bridgehead atoms. The van der Waals surface area contributed by atoms with E-state index in [1.54, 1.807) is 48.8 Å². The molecular weight excluding hydrogens is 733 g/mol. The predicted molar refractivity (Wildman–Crippen MR) is 226 cm³/mol. The van der Waals surface area contributed by atoms with Gasteiger partial charge in [-0.2, -0.15) is 0 Å². The molecule has 0 amide bonds. The molecule has 0 saturated carbocycles. The summed E-state index contributed by atoms with van der Waals surface area (Å²) in [5, 5.41) is 2.82. The van der Waals surface area contributed by atoms with Crippen molar-refractivity contribution in [2.24, 2.45) is 0 Å². The first-order valence-corrected chi connectivity index (χ1v) is 17.9. The van der Waals surface area contributed by atoms with Gasteiger partial charge in [-0.25, -0.2) is 39.9 Å². The van der Waals surface area contributed by atoms with E-state index in [2.05, 4.69) is 19.9 Å². The van der Waals surface area contributed by atoms with E-state index in [4.69, 9.17) is 74.3 Å². The number of nitrogen functional groups attached to an aromatic ring is 6. The Kier molecular flexibility index (Phi) is 5.93. The number of hydrogen-bond donors (Lipinski definition) is 8. The third kappa shape index (κ3) is 4.29. The molecular formula is C40H26N18. The summed E-state index contributed by atoms with van der Waals surface area (Å²) in [6, 6.07) is 18.0. The molecule has 18 nitrogen and oxygen atoms in total. The van der Waals surface area contributed by atoms with Crippen molar-refractivity contribution < 1.29 is 0 Å². The van der Waals surface area contributed by atoms with Gasteiger partial charge in [-0.3, -0.25) is 9.97 Å². The van der Waals surface area contributed by atoms with Gasteiger partial charge in [-0.05, 0) is 60.7 Å². The largest absolute Gasteiger partial charge is 0.397 e. The molecule has 58 heavy (non-hydrogen) atoms. The first-order valence-electron chi connectivity index (χ1n) is 17.9. The lowest BCUT2D eigenvalue weighted by Gasteiger charge is -2.07. The molecule has 0 atom stereocenters. The number of nitrogens with one attached hydrogen (secondary N) is 2. The standard InChI is InChI=1S/C40H26N18/c41-21-7-15-16(8-22(21)42)34-51-33(15)52-35-17-9-23(43)25(45)11-19(17)37(54-35)56-39-31-32(40(58-39)57-38-20-12-26(46)24(44)10-18(20)36(53-34)55-38)50-30-14-4-2-6-48-28(14)27-13(29(30)49-31)3-1-5-47-27/h1-12H,41-46H2,(H2,51,52,53,54,55,56,57,58). The van der Waals surface area contributed by atoms with Crippen LogP contribution in [0.4, 0.5) is 34.1 Å². The van der Waals surface area contributed by atoms with E-state index in [9.17, 15) is 0 Å². The fraction of sp³-hybridized carbons (Fsp3) is 0. The molecule has 0 aliphatic carbocycles. The molecule has 2 aliphatic rings. The molecule has 2 aliphatic heterocycles. The molecule has 18 heteroatoms. The third-order valence-electron chi connectivity index (χ3n) is 10.6. The molecule has 10 aromatic rings. The van der Waals surface area contributed by atoms with Gasteiger partial charge < -0.3 is 44.4 Å². The maximum atomic E-state index is 6.37. The lowest BCUT2D eigenvalue weighted by Crippen LogP contribution is -1.96. The second-order valence-electron chi connectivity index (χ2n) is 14.1. The highest BCUT2D eigenvalue weighted by Gasteiger charge is 2.25. The molecule has 8 heterocycles. The van der Waals surface area contributed by atoms with Crippen LogP contribution in [0.5, 0.6) is 0 Å². The summed E-state index contributed by atoms with van der Waals surface area (Å²) in [6.07, 6.45) is 3.46. The van der Waals surface area contributed by atoms with Crippen LogP contribution < -0.4 is 34.4 Å². The highest BCUT2D eigenvalue weighted by Crippen LogP contribution is 2.41. The monoisotopic (exact) mass is 758 g/mol. The summed E-state index contributed by atoms with van der Waals surface area (Å²) in [4.78, 5) is 56.6. The SMILES string of the molecule is Nc1cc2c(cc1N)-c1nc-2nc2[nH]c(nc3nc(nc4[nH]c(n1)c1nc5c6cccnc6c6ncccc6c5nc41)-c1cc(N)c(N)cc1-3)c1cc(N)c(N)cc21. The first-order chi connectivity index (χ1) is 28.2. The van der Waals surface area contributed by atoms with Gasteiger partial charge >= 0.3 is 0 Å². The predicted octanol–water partition coefficient (Wildman–Crippen LogP) is 5.40. The van der Waals surface area contributed by atoms with Crippen molar-refractivity contribution in [1.82, 2.24) is 59.8 Å². The molecule has 12 rings (SSSR count). The van der Waals surface area contributed by atoms with Crippen molar-refractivity contribution in [3.63, 3.8) is 0 Å². The fourth-order valence-electron chi connectivity index (χ4n) is 7.76. The quantitative estimate of drug-likeness (QED) is 0.0708. The molecule has 4 aromatic carbocycles. The fourth-order valence-corrected chi connectivity index (χ4v) is 7.76. The van der Waals surface area contributed by atoms with Gasteiger partial charge in [0.05, 0.1) is 56.2 Å². The van der Waals surface area contributed by atoms with E-state index in [1.807, 2.05) is 24.3 Å². The van der Waals surface area contributed by atoms with Gasteiger partial charge in [0, 0.05) is 56.2 Å². The van der Waals surface area contributed by atoms with Gasteiger partial charge in [0.25, 0.3) is 0 Å². The Bertz CT molecular complexity index is 3480. The molecule has 14 N–H and O–H groups in total. The van der Waals surface area contributed by atoms with Crippen LogP contribution in [-0.4, -0.2) is 59.8 Å². The van der Waals surface area contributed by atoms with Crippen molar-refractivity contribution in [2.45, 2.75) is 0 Å². The lowest BCUT2D eigenvalue weighted by atomic mass is 10.1. The van der Waals surface area contributed by atoms with Gasteiger partial charge in [0.15, 0.2) is 34.6 Å². The zero-order valence-corrected chi connectivity index (χ0v) is 29.9. The third-order valence-corrected chi connectivity index (χ3v) is 10.6. The Morgan fingerprint density at radius 3 is 1.07 bits per heavy atom. The van der Waals surface area contributed by atoms with E-state index in [1.165, 1.54) is 0 Å². The van der Waals surface area contributed by atoms with E-state index in [0.717, 1.165) is 10.8 Å². The molecule has 6 aromatic heterocycles. The smallest absolute Gasteiger partial charge is 0.164 e. The highest BCUT2D eigenvalue weighted by atomic mass is 15.1. The number of hydrogen-bond acceptors (Lipinski definition) is 16. The minimum absolute atomic E-state index is 0.297. The average Bonchev–Trinajstić information content (AvgIpc) is 3.93. The molecule has 0 fully saturated rings. The van der Waals surface area contributed by atoms with Crippen molar-refractivity contribution in [3.05, 3.63) is 73.1 Å². The molecule has 0 saturated heterocycles. The van der Waals surface area contributed by atoms with Crippen LogP contribution in [0.3, 0.4) is 0 Å². The summed E-state index contributed by atoms with van der Waals surface area (Å²) in [6.45, 7) is 0. The number of H-pyrrole nitrogens is 2. The van der Waals surface area contributed by atoms with Crippen LogP contribution in [0, 0.1) is 0 Å². The maximum Gasteiger partial charge on any atom is 0.164 e. The number of aromatic nitrogens is 12. The lowest BCUT2D eigenvalue weighted by molar-refractivity contribution is 1.19. The van der Waals surface area contributed by atoms with E-state index >= 15 is 0 Å². The Labute approximate surface area is 323 Å². The highest BCUT2D eigenvalue weighted by molar-refractivity contribution is 6.22. The second kappa shape index (κ2) is 10.9. The Morgan fingerprint density at radius 2 is 0.672 bits per heavy atom. The summed E-state index contributed by atoms with van der Waals surface area (Å²) in [5.74, 6) is 1.22.